The van der Waals surface area contributed by atoms with Gasteiger partial charge in [0.1, 0.15) is 0 Å². The van der Waals surface area contributed by atoms with E-state index in [4.69, 9.17) is 23.2 Å². The zero-order chi connectivity index (χ0) is 26.1. The molecule has 1 fully saturated rings. The van der Waals surface area contributed by atoms with Crippen molar-refractivity contribution in [2.75, 3.05) is 14.1 Å². The standard InChI is InChI=1S/C28H27Cl2F3N2O/c1-35(2)27(15-3-4-16-27)25(19-13-11-18(12-14-19)20-7-5-8-21(29)17-20)34-26(36)22-9-6-10-23(24(22)30)28(31,32)33/h5-14,17,25H,3-4,15-16H2,1-2H3,(H,34,36). The highest BCUT2D eigenvalue weighted by molar-refractivity contribution is 6.34. The molecule has 1 aliphatic carbocycles. The molecule has 0 aliphatic heterocycles. The average molecular weight is 535 g/mol. The number of hydrogen-bond donors (Lipinski definition) is 1. The largest absolute Gasteiger partial charge is 0.417 e. The molecule has 1 saturated carbocycles. The molecule has 3 nitrogen and oxygen atoms in total. The Hall–Kier alpha value is -2.54. The maximum Gasteiger partial charge on any atom is 0.417 e. The van der Waals surface area contributed by atoms with Crippen LogP contribution in [0.15, 0.2) is 66.7 Å². The number of benzene rings is 3. The lowest BCUT2D eigenvalue weighted by Crippen LogP contribution is -2.53. The second-order valence-corrected chi connectivity index (χ2v) is 10.2. The van der Waals surface area contributed by atoms with Crippen LogP contribution in [0.5, 0.6) is 0 Å². The van der Waals surface area contributed by atoms with Crippen molar-refractivity contribution >= 4 is 29.1 Å². The maximum absolute atomic E-state index is 13.4. The molecule has 1 amide bonds. The fraction of sp³-hybridized carbons (Fsp3) is 0.321. The second kappa shape index (κ2) is 10.4. The first-order valence-corrected chi connectivity index (χ1v) is 12.5. The number of rotatable bonds is 6. The minimum Gasteiger partial charge on any atom is -0.343 e. The summed E-state index contributed by atoms with van der Waals surface area (Å²) in [4.78, 5) is 15.5. The van der Waals surface area contributed by atoms with Gasteiger partial charge in [0.25, 0.3) is 5.91 Å². The van der Waals surface area contributed by atoms with Gasteiger partial charge in [-0.05, 0) is 67.9 Å². The highest BCUT2D eigenvalue weighted by atomic mass is 35.5. The summed E-state index contributed by atoms with van der Waals surface area (Å²) in [5.74, 6) is -0.636. The number of carbonyl (C=O) groups is 1. The Balaban J connectivity index is 1.72. The Bertz CT molecular complexity index is 1240. The molecule has 4 rings (SSSR count). The van der Waals surface area contributed by atoms with Gasteiger partial charge in [0.15, 0.2) is 0 Å². The van der Waals surface area contributed by atoms with Gasteiger partial charge in [0, 0.05) is 10.6 Å². The third kappa shape index (κ3) is 5.26. The molecule has 0 radical (unpaired) electrons. The Labute approximate surface area is 219 Å². The predicted octanol–water partition coefficient (Wildman–Crippen LogP) is 8.02. The fourth-order valence-electron chi connectivity index (χ4n) is 5.18. The number of halogens is 5. The molecular formula is C28H27Cl2F3N2O. The van der Waals surface area contributed by atoms with Gasteiger partial charge in [0.2, 0.25) is 0 Å². The molecule has 1 aliphatic rings. The van der Waals surface area contributed by atoms with E-state index in [9.17, 15) is 18.0 Å². The van der Waals surface area contributed by atoms with E-state index in [1.165, 1.54) is 12.1 Å². The average Bonchev–Trinajstić information content (AvgIpc) is 3.33. The molecule has 1 unspecified atom stereocenters. The SMILES string of the molecule is CN(C)C1(C(NC(=O)c2cccc(C(F)(F)F)c2Cl)c2ccc(-c3cccc(Cl)c3)cc2)CCCC1. The van der Waals surface area contributed by atoms with Gasteiger partial charge in [-0.1, -0.05) is 78.5 Å². The van der Waals surface area contributed by atoms with E-state index in [1.54, 1.807) is 0 Å². The number of nitrogens with one attached hydrogen (secondary N) is 1. The Morgan fingerprint density at radius 1 is 0.944 bits per heavy atom. The smallest absolute Gasteiger partial charge is 0.343 e. The van der Waals surface area contributed by atoms with Gasteiger partial charge in [-0.2, -0.15) is 13.2 Å². The Morgan fingerprint density at radius 3 is 2.17 bits per heavy atom. The molecule has 0 bridgehead atoms. The highest BCUT2D eigenvalue weighted by Crippen LogP contribution is 2.44. The summed E-state index contributed by atoms with van der Waals surface area (Å²) in [5, 5.41) is 3.09. The van der Waals surface area contributed by atoms with E-state index in [0.29, 0.717) is 5.02 Å². The molecule has 190 valence electrons. The van der Waals surface area contributed by atoms with Crippen LogP contribution in [-0.4, -0.2) is 30.4 Å². The summed E-state index contributed by atoms with van der Waals surface area (Å²) in [7, 11) is 3.95. The van der Waals surface area contributed by atoms with Crippen molar-refractivity contribution in [2.45, 2.75) is 43.4 Å². The van der Waals surface area contributed by atoms with Crippen LogP contribution in [0.2, 0.25) is 10.0 Å². The molecule has 1 atom stereocenters. The first kappa shape index (κ1) is 26.5. The highest BCUT2D eigenvalue weighted by Gasteiger charge is 2.45. The first-order valence-electron chi connectivity index (χ1n) is 11.7. The number of amides is 1. The molecule has 0 saturated heterocycles. The topological polar surface area (TPSA) is 32.3 Å². The normalized spacial score (nSPS) is 16.2. The minimum absolute atomic E-state index is 0.195. The zero-order valence-electron chi connectivity index (χ0n) is 20.0. The van der Waals surface area contributed by atoms with Gasteiger partial charge in [-0.3, -0.25) is 4.79 Å². The van der Waals surface area contributed by atoms with Crippen LogP contribution in [0.3, 0.4) is 0 Å². The van der Waals surface area contributed by atoms with Crippen LogP contribution in [0.1, 0.15) is 53.2 Å². The van der Waals surface area contributed by atoms with Crippen molar-refractivity contribution in [1.82, 2.24) is 10.2 Å². The summed E-state index contributed by atoms with van der Waals surface area (Å²) in [5.41, 5.74) is 1.20. The van der Waals surface area contributed by atoms with Crippen molar-refractivity contribution in [3.63, 3.8) is 0 Å². The van der Waals surface area contributed by atoms with Gasteiger partial charge in [-0.25, -0.2) is 0 Å². The molecule has 3 aromatic carbocycles. The number of likely N-dealkylation sites (N-methyl/N-ethyl adjacent to an activating group) is 1. The summed E-state index contributed by atoms with van der Waals surface area (Å²) in [6, 6.07) is 18.3. The van der Waals surface area contributed by atoms with Gasteiger partial charge < -0.3 is 10.2 Å². The molecule has 3 aromatic rings. The van der Waals surface area contributed by atoms with Crippen LogP contribution >= 0.6 is 23.2 Å². The van der Waals surface area contributed by atoms with Gasteiger partial charge in [-0.15, -0.1) is 0 Å². The summed E-state index contributed by atoms with van der Waals surface area (Å²) in [6.07, 6.45) is -0.973. The fourth-order valence-corrected chi connectivity index (χ4v) is 5.69. The Kier molecular flexibility index (Phi) is 7.69. The lowest BCUT2D eigenvalue weighted by Gasteiger charge is -2.44. The van der Waals surface area contributed by atoms with Crippen LogP contribution in [0, 0.1) is 0 Å². The van der Waals surface area contributed by atoms with E-state index >= 15 is 0 Å². The lowest BCUT2D eigenvalue weighted by molar-refractivity contribution is -0.137. The lowest BCUT2D eigenvalue weighted by atomic mass is 9.81. The molecule has 36 heavy (non-hydrogen) atoms. The van der Waals surface area contributed by atoms with Crippen LogP contribution in [-0.2, 0) is 6.18 Å². The van der Waals surface area contributed by atoms with E-state index < -0.39 is 28.7 Å². The molecule has 0 spiro atoms. The third-order valence-corrected chi connectivity index (χ3v) is 7.77. The first-order chi connectivity index (χ1) is 17.0. The molecule has 0 aromatic heterocycles. The molecule has 8 heteroatoms. The van der Waals surface area contributed by atoms with E-state index in [-0.39, 0.29) is 11.1 Å². The minimum atomic E-state index is -4.65. The zero-order valence-corrected chi connectivity index (χ0v) is 21.5. The van der Waals surface area contributed by atoms with Crippen molar-refractivity contribution in [1.29, 1.82) is 0 Å². The van der Waals surface area contributed by atoms with E-state index in [1.807, 2.05) is 62.6 Å². The van der Waals surface area contributed by atoms with Gasteiger partial charge >= 0.3 is 6.18 Å². The van der Waals surface area contributed by atoms with Crippen molar-refractivity contribution < 1.29 is 18.0 Å². The second-order valence-electron chi connectivity index (χ2n) is 9.41. The van der Waals surface area contributed by atoms with Crippen LogP contribution in [0.25, 0.3) is 11.1 Å². The predicted molar refractivity (Wildman–Crippen MR) is 138 cm³/mol. The van der Waals surface area contributed by atoms with E-state index in [0.717, 1.165) is 48.4 Å². The summed E-state index contributed by atoms with van der Waals surface area (Å²) in [6.45, 7) is 0. The van der Waals surface area contributed by atoms with Crippen LogP contribution in [0.4, 0.5) is 13.2 Å². The van der Waals surface area contributed by atoms with E-state index in [2.05, 4.69) is 10.2 Å². The number of hydrogen-bond acceptors (Lipinski definition) is 2. The monoisotopic (exact) mass is 534 g/mol. The van der Waals surface area contributed by atoms with Crippen molar-refractivity contribution in [2.24, 2.45) is 0 Å². The number of nitrogens with zero attached hydrogens (tertiary/aromatic N) is 1. The molecule has 1 N–H and O–H groups in total. The molecule has 0 heterocycles. The molecular weight excluding hydrogens is 508 g/mol. The van der Waals surface area contributed by atoms with Crippen molar-refractivity contribution in [3.05, 3.63) is 93.5 Å². The maximum atomic E-state index is 13.4. The summed E-state index contributed by atoms with van der Waals surface area (Å²) < 4.78 is 40.2. The number of carbonyl (C=O) groups excluding carboxylic acids is 1. The number of alkyl halides is 3. The van der Waals surface area contributed by atoms with Crippen LogP contribution < -0.4 is 5.32 Å². The summed E-state index contributed by atoms with van der Waals surface area (Å²) >= 11 is 12.2. The van der Waals surface area contributed by atoms with Crippen molar-refractivity contribution in [3.8, 4) is 11.1 Å². The quantitative estimate of drug-likeness (QED) is 0.347. The Morgan fingerprint density at radius 2 is 1.58 bits per heavy atom. The third-order valence-electron chi connectivity index (χ3n) is 7.12. The van der Waals surface area contributed by atoms with Gasteiger partial charge in [0.05, 0.1) is 22.2 Å².